The number of carbonyl (C=O) groups is 1. The highest BCUT2D eigenvalue weighted by Gasteiger charge is 2.47. The Morgan fingerprint density at radius 1 is 1.42 bits per heavy atom. The lowest BCUT2D eigenvalue weighted by Gasteiger charge is -2.19. The summed E-state index contributed by atoms with van der Waals surface area (Å²) in [5, 5.41) is 3.05. The van der Waals surface area contributed by atoms with Gasteiger partial charge in [-0.15, -0.1) is 0 Å². The molecule has 1 saturated carbocycles. The number of nitrogens with one attached hydrogen (secondary N) is 2. The first-order chi connectivity index (χ1) is 9.25. The third kappa shape index (κ3) is 2.07. The number of aromatic amines is 1. The smallest absolute Gasteiger partial charge is 0.287 e. The molecule has 2 N–H and O–H groups in total. The number of imidazole rings is 1. The van der Waals surface area contributed by atoms with Gasteiger partial charge in [-0.2, -0.15) is 0 Å². The van der Waals surface area contributed by atoms with Crippen LogP contribution < -0.4 is 10.1 Å². The summed E-state index contributed by atoms with van der Waals surface area (Å²) >= 11 is 0. The molecule has 0 spiro atoms. The Kier molecular flexibility index (Phi) is 2.74. The molecule has 19 heavy (non-hydrogen) atoms. The number of rotatable bonds is 4. The molecule has 5 nitrogen and oxygen atoms in total. The predicted octanol–water partition coefficient (Wildman–Crippen LogP) is 1.84. The zero-order valence-corrected chi connectivity index (χ0v) is 10.6. The van der Waals surface area contributed by atoms with Crippen molar-refractivity contribution in [3.63, 3.8) is 0 Å². The highest BCUT2D eigenvalue weighted by Crippen LogP contribution is 2.48. The van der Waals surface area contributed by atoms with Gasteiger partial charge in [0, 0.05) is 18.0 Å². The SMILES string of the molecule is COc1ccccc1C1(NC(=O)c2ncc[nH]2)CC1. The van der Waals surface area contributed by atoms with Crippen LogP contribution in [0.15, 0.2) is 36.7 Å². The predicted molar refractivity (Wildman–Crippen MR) is 70.0 cm³/mol. The molecule has 1 aliphatic carbocycles. The Bertz CT molecular complexity index is 588. The van der Waals surface area contributed by atoms with Crippen LogP contribution in [0.5, 0.6) is 5.75 Å². The van der Waals surface area contributed by atoms with Crippen molar-refractivity contribution in [3.05, 3.63) is 48.0 Å². The average molecular weight is 257 g/mol. The fourth-order valence-corrected chi connectivity index (χ4v) is 2.29. The van der Waals surface area contributed by atoms with Crippen molar-refractivity contribution in [2.75, 3.05) is 7.11 Å². The van der Waals surface area contributed by atoms with Crippen LogP contribution >= 0.6 is 0 Å². The second-order valence-electron chi connectivity index (χ2n) is 4.67. The molecule has 0 bridgehead atoms. The van der Waals surface area contributed by atoms with Gasteiger partial charge < -0.3 is 15.0 Å². The van der Waals surface area contributed by atoms with Gasteiger partial charge in [0.2, 0.25) is 0 Å². The average Bonchev–Trinajstić information content (AvgIpc) is 3.01. The number of aromatic nitrogens is 2. The minimum Gasteiger partial charge on any atom is -0.496 e. The number of methoxy groups -OCH3 is 1. The normalized spacial score (nSPS) is 15.8. The van der Waals surface area contributed by atoms with E-state index in [2.05, 4.69) is 15.3 Å². The molecule has 0 radical (unpaired) electrons. The summed E-state index contributed by atoms with van der Waals surface area (Å²) in [6.45, 7) is 0. The van der Waals surface area contributed by atoms with E-state index in [-0.39, 0.29) is 11.4 Å². The molecule has 1 aromatic carbocycles. The van der Waals surface area contributed by atoms with E-state index in [1.165, 1.54) is 0 Å². The van der Waals surface area contributed by atoms with E-state index >= 15 is 0 Å². The van der Waals surface area contributed by atoms with Crippen LogP contribution in [-0.4, -0.2) is 23.0 Å². The lowest BCUT2D eigenvalue weighted by molar-refractivity contribution is 0.0920. The molecule has 0 atom stereocenters. The van der Waals surface area contributed by atoms with Crippen LogP contribution in [0.2, 0.25) is 0 Å². The number of para-hydroxylation sites is 1. The van der Waals surface area contributed by atoms with E-state index in [4.69, 9.17) is 4.74 Å². The molecule has 3 rings (SSSR count). The molecule has 0 saturated heterocycles. The molecule has 5 heteroatoms. The molecule has 1 aromatic heterocycles. The lowest BCUT2D eigenvalue weighted by atomic mass is 10.0. The summed E-state index contributed by atoms with van der Waals surface area (Å²) in [6.07, 6.45) is 5.04. The van der Waals surface area contributed by atoms with Crippen LogP contribution in [0.3, 0.4) is 0 Å². The van der Waals surface area contributed by atoms with Gasteiger partial charge >= 0.3 is 0 Å². The van der Waals surface area contributed by atoms with Gasteiger partial charge in [-0.1, -0.05) is 18.2 Å². The Morgan fingerprint density at radius 3 is 2.84 bits per heavy atom. The summed E-state index contributed by atoms with van der Waals surface area (Å²) in [4.78, 5) is 18.9. The van der Waals surface area contributed by atoms with Crippen LogP contribution in [0.25, 0.3) is 0 Å². The number of ether oxygens (including phenoxy) is 1. The second kappa shape index (κ2) is 4.42. The van der Waals surface area contributed by atoms with Gasteiger partial charge in [0.25, 0.3) is 5.91 Å². The van der Waals surface area contributed by atoms with E-state index in [9.17, 15) is 4.79 Å². The zero-order valence-electron chi connectivity index (χ0n) is 10.6. The van der Waals surface area contributed by atoms with Crippen LogP contribution in [-0.2, 0) is 5.54 Å². The maximum absolute atomic E-state index is 12.1. The summed E-state index contributed by atoms with van der Waals surface area (Å²) in [7, 11) is 1.64. The third-order valence-corrected chi connectivity index (χ3v) is 3.44. The molecule has 98 valence electrons. The molecule has 1 aliphatic rings. The first-order valence-electron chi connectivity index (χ1n) is 6.20. The van der Waals surface area contributed by atoms with Gasteiger partial charge in [0.15, 0.2) is 5.82 Å². The van der Waals surface area contributed by atoms with Gasteiger partial charge in [-0.3, -0.25) is 4.79 Å². The molecule has 0 unspecified atom stereocenters. The van der Waals surface area contributed by atoms with Crippen molar-refractivity contribution >= 4 is 5.91 Å². The minimum absolute atomic E-state index is 0.187. The zero-order chi connectivity index (χ0) is 13.3. The summed E-state index contributed by atoms with van der Waals surface area (Å²) < 4.78 is 5.37. The Hall–Kier alpha value is -2.30. The van der Waals surface area contributed by atoms with Gasteiger partial charge in [-0.25, -0.2) is 4.98 Å². The van der Waals surface area contributed by atoms with E-state index in [1.807, 2.05) is 24.3 Å². The topological polar surface area (TPSA) is 67.0 Å². The maximum Gasteiger partial charge on any atom is 0.287 e. The van der Waals surface area contributed by atoms with Gasteiger partial charge in [0.05, 0.1) is 12.6 Å². The standard InChI is InChI=1S/C14H15N3O2/c1-19-11-5-3-2-4-10(11)14(6-7-14)17-13(18)12-15-8-9-16-12/h2-5,8-9H,6-7H2,1H3,(H,15,16)(H,17,18). The monoisotopic (exact) mass is 257 g/mol. The number of nitrogens with zero attached hydrogens (tertiary/aromatic N) is 1. The van der Waals surface area contributed by atoms with Crippen molar-refractivity contribution in [2.45, 2.75) is 18.4 Å². The Balaban J connectivity index is 1.86. The fraction of sp³-hybridized carbons (Fsp3) is 0.286. The number of hydrogen-bond acceptors (Lipinski definition) is 3. The molecular formula is C14H15N3O2. The van der Waals surface area contributed by atoms with E-state index in [0.29, 0.717) is 5.82 Å². The van der Waals surface area contributed by atoms with E-state index in [0.717, 1.165) is 24.2 Å². The first kappa shape index (κ1) is 11.8. The Labute approximate surface area is 111 Å². The number of hydrogen-bond donors (Lipinski definition) is 2. The number of amides is 1. The highest BCUT2D eigenvalue weighted by molar-refractivity contribution is 5.91. The quantitative estimate of drug-likeness (QED) is 0.878. The van der Waals surface area contributed by atoms with Crippen molar-refractivity contribution in [1.82, 2.24) is 15.3 Å². The van der Waals surface area contributed by atoms with Crippen molar-refractivity contribution in [3.8, 4) is 5.75 Å². The van der Waals surface area contributed by atoms with Crippen LogP contribution in [0.1, 0.15) is 29.0 Å². The molecule has 2 aromatic rings. The first-order valence-corrected chi connectivity index (χ1v) is 6.20. The number of benzene rings is 1. The molecule has 1 amide bonds. The molecule has 1 fully saturated rings. The van der Waals surface area contributed by atoms with Crippen LogP contribution in [0.4, 0.5) is 0 Å². The maximum atomic E-state index is 12.1. The summed E-state index contributed by atoms with van der Waals surface area (Å²) in [5.41, 5.74) is 0.716. The lowest BCUT2D eigenvalue weighted by Crippen LogP contribution is -2.35. The molecular weight excluding hydrogens is 242 g/mol. The van der Waals surface area contributed by atoms with Gasteiger partial charge in [0.1, 0.15) is 5.75 Å². The molecule has 0 aliphatic heterocycles. The number of H-pyrrole nitrogens is 1. The second-order valence-corrected chi connectivity index (χ2v) is 4.67. The summed E-state index contributed by atoms with van der Waals surface area (Å²) in [6, 6.07) is 7.78. The van der Waals surface area contributed by atoms with Crippen molar-refractivity contribution < 1.29 is 9.53 Å². The van der Waals surface area contributed by atoms with Crippen molar-refractivity contribution in [2.24, 2.45) is 0 Å². The number of carbonyl (C=O) groups excluding carboxylic acids is 1. The minimum atomic E-state index is -0.309. The fourth-order valence-electron chi connectivity index (χ4n) is 2.29. The third-order valence-electron chi connectivity index (χ3n) is 3.44. The molecule has 1 heterocycles. The largest absolute Gasteiger partial charge is 0.496 e. The van der Waals surface area contributed by atoms with Crippen LogP contribution in [0, 0.1) is 0 Å². The van der Waals surface area contributed by atoms with E-state index in [1.54, 1.807) is 19.5 Å². The van der Waals surface area contributed by atoms with Gasteiger partial charge in [-0.05, 0) is 18.9 Å². The Morgan fingerprint density at radius 2 is 2.21 bits per heavy atom. The van der Waals surface area contributed by atoms with E-state index < -0.39 is 0 Å². The van der Waals surface area contributed by atoms with Crippen molar-refractivity contribution in [1.29, 1.82) is 0 Å². The highest BCUT2D eigenvalue weighted by atomic mass is 16.5. The summed E-state index contributed by atoms with van der Waals surface area (Å²) in [5.74, 6) is 0.953.